The van der Waals surface area contributed by atoms with Gasteiger partial charge in [-0.3, -0.25) is 0 Å². The van der Waals surface area contributed by atoms with Crippen molar-refractivity contribution in [3.63, 3.8) is 0 Å². The van der Waals surface area contributed by atoms with Gasteiger partial charge in [-0.1, -0.05) is 0 Å². The van der Waals surface area contributed by atoms with Crippen molar-refractivity contribution in [2.75, 3.05) is 18.7 Å². The highest BCUT2D eigenvalue weighted by Crippen LogP contribution is 2.05. The van der Waals surface area contributed by atoms with Crippen molar-refractivity contribution < 1.29 is 8.42 Å². The first-order valence-corrected chi connectivity index (χ1v) is 5.61. The average molecular weight is 200 g/mol. The predicted molar refractivity (Wildman–Crippen MR) is 47.4 cm³/mol. The van der Waals surface area contributed by atoms with Crippen LogP contribution in [0.25, 0.3) is 0 Å². The van der Waals surface area contributed by atoms with Crippen LogP contribution >= 0.6 is 11.6 Å². The molecule has 1 unspecified atom stereocenters. The summed E-state index contributed by atoms with van der Waals surface area (Å²) in [4.78, 5) is 0. The number of hydrogen-bond donors (Lipinski definition) is 0. The summed E-state index contributed by atoms with van der Waals surface area (Å²) in [6, 6.07) is -0.124. The van der Waals surface area contributed by atoms with Gasteiger partial charge < -0.3 is 0 Å². The predicted octanol–water partition coefficient (Wildman–Crippen LogP) is 0.895. The zero-order valence-electron chi connectivity index (χ0n) is 7.04. The highest BCUT2D eigenvalue weighted by atomic mass is 35.5. The average Bonchev–Trinajstić information content (AvgIpc) is 2.01. The molecule has 0 saturated heterocycles. The maximum atomic E-state index is 11.2. The molecule has 0 saturated carbocycles. The quantitative estimate of drug-likeness (QED) is 0.631. The van der Waals surface area contributed by atoms with Crippen LogP contribution in [0, 0.1) is 0 Å². The minimum absolute atomic E-state index is 0.124. The Balaban J connectivity index is 4.36. The molecule has 0 fully saturated rings. The van der Waals surface area contributed by atoms with E-state index in [1.807, 2.05) is 0 Å². The minimum Gasteiger partial charge on any atom is -0.212 e. The Hall–Kier alpha value is 0.200. The third kappa shape index (κ3) is 2.97. The van der Waals surface area contributed by atoms with Crippen LogP contribution in [0.15, 0.2) is 0 Å². The summed E-state index contributed by atoms with van der Waals surface area (Å²) in [5.41, 5.74) is 0. The van der Waals surface area contributed by atoms with Crippen LogP contribution in [0.5, 0.6) is 0 Å². The normalized spacial score (nSPS) is 15.4. The summed E-state index contributed by atoms with van der Waals surface area (Å²) in [6.45, 7) is 3.40. The van der Waals surface area contributed by atoms with Crippen molar-refractivity contribution in [3.8, 4) is 0 Å². The number of halogens is 1. The monoisotopic (exact) mass is 199 g/mol. The van der Waals surface area contributed by atoms with Crippen molar-refractivity contribution in [2.24, 2.45) is 0 Å². The summed E-state index contributed by atoms with van der Waals surface area (Å²) < 4.78 is 23.6. The van der Waals surface area contributed by atoms with Gasteiger partial charge in [0.05, 0.1) is 5.75 Å². The molecule has 0 radical (unpaired) electrons. The molecule has 3 nitrogen and oxygen atoms in total. The van der Waals surface area contributed by atoms with Crippen molar-refractivity contribution in [1.29, 1.82) is 0 Å². The number of nitrogens with zero attached hydrogens (tertiary/aromatic N) is 1. The van der Waals surface area contributed by atoms with Gasteiger partial charge in [0.1, 0.15) is 0 Å². The van der Waals surface area contributed by atoms with Gasteiger partial charge in [-0.05, 0) is 13.8 Å². The molecular formula is C6H14ClNO2S. The number of hydrogen-bond acceptors (Lipinski definition) is 2. The molecule has 0 N–H and O–H groups in total. The molecule has 0 aromatic rings. The van der Waals surface area contributed by atoms with Crippen molar-refractivity contribution in [3.05, 3.63) is 0 Å². The van der Waals surface area contributed by atoms with E-state index in [1.54, 1.807) is 20.9 Å². The van der Waals surface area contributed by atoms with E-state index in [1.165, 1.54) is 4.31 Å². The minimum atomic E-state index is -3.06. The zero-order chi connectivity index (χ0) is 9.07. The molecule has 0 amide bonds. The second-order valence-electron chi connectivity index (χ2n) is 2.42. The summed E-state index contributed by atoms with van der Waals surface area (Å²) in [6.07, 6.45) is 0. The molecule has 0 heterocycles. The molecule has 0 aliphatic rings. The largest absolute Gasteiger partial charge is 0.213 e. The second-order valence-corrected chi connectivity index (χ2v) is 5.05. The summed E-state index contributed by atoms with van der Waals surface area (Å²) in [5, 5.41) is 0. The van der Waals surface area contributed by atoms with Gasteiger partial charge in [-0.25, -0.2) is 12.7 Å². The Morgan fingerprint density at radius 1 is 1.55 bits per heavy atom. The van der Waals surface area contributed by atoms with E-state index in [9.17, 15) is 8.42 Å². The van der Waals surface area contributed by atoms with Gasteiger partial charge in [-0.15, -0.1) is 11.6 Å². The van der Waals surface area contributed by atoms with E-state index in [0.717, 1.165) is 0 Å². The maximum Gasteiger partial charge on any atom is 0.213 e. The van der Waals surface area contributed by atoms with Crippen LogP contribution < -0.4 is 0 Å². The molecule has 0 spiro atoms. The molecule has 0 bridgehead atoms. The Morgan fingerprint density at radius 3 is 2.27 bits per heavy atom. The lowest BCUT2D eigenvalue weighted by Gasteiger charge is -2.21. The molecule has 0 aromatic carbocycles. The summed E-state index contributed by atoms with van der Waals surface area (Å²) in [5.74, 6) is 0.459. The van der Waals surface area contributed by atoms with Crippen molar-refractivity contribution in [1.82, 2.24) is 4.31 Å². The second kappa shape index (κ2) is 4.28. The number of sulfonamides is 1. The molecule has 5 heteroatoms. The molecule has 0 aliphatic heterocycles. The first-order chi connectivity index (χ1) is 4.95. The Kier molecular flexibility index (Phi) is 4.36. The standard InChI is InChI=1S/C6H14ClNO2S/c1-4-11(9,10)8(3)6(2)5-7/h6H,4-5H2,1-3H3. The van der Waals surface area contributed by atoms with Gasteiger partial charge in [0, 0.05) is 19.0 Å². The lowest BCUT2D eigenvalue weighted by molar-refractivity contribution is 0.414. The molecule has 0 aromatic heterocycles. The Morgan fingerprint density at radius 2 is 2.00 bits per heavy atom. The molecular weight excluding hydrogens is 186 g/mol. The van der Waals surface area contributed by atoms with Gasteiger partial charge in [0.2, 0.25) is 10.0 Å². The van der Waals surface area contributed by atoms with Crippen LogP contribution in [0.2, 0.25) is 0 Å². The first kappa shape index (κ1) is 11.2. The smallest absolute Gasteiger partial charge is 0.212 e. The Labute approximate surface area is 73.4 Å². The fraction of sp³-hybridized carbons (Fsp3) is 1.00. The fourth-order valence-corrected chi connectivity index (χ4v) is 1.89. The highest BCUT2D eigenvalue weighted by molar-refractivity contribution is 7.89. The number of rotatable bonds is 4. The molecule has 0 rings (SSSR count). The highest BCUT2D eigenvalue weighted by Gasteiger charge is 2.19. The third-order valence-corrected chi connectivity index (χ3v) is 4.06. The third-order valence-electron chi connectivity index (χ3n) is 1.65. The first-order valence-electron chi connectivity index (χ1n) is 3.47. The van der Waals surface area contributed by atoms with Crippen LogP contribution in [-0.2, 0) is 10.0 Å². The number of alkyl halides is 1. The summed E-state index contributed by atoms with van der Waals surface area (Å²) in [7, 11) is -1.51. The van der Waals surface area contributed by atoms with E-state index >= 15 is 0 Å². The summed E-state index contributed by atoms with van der Waals surface area (Å²) >= 11 is 5.50. The van der Waals surface area contributed by atoms with Gasteiger partial charge >= 0.3 is 0 Å². The molecule has 68 valence electrons. The van der Waals surface area contributed by atoms with Crippen molar-refractivity contribution in [2.45, 2.75) is 19.9 Å². The lowest BCUT2D eigenvalue weighted by atomic mass is 10.4. The van der Waals surface area contributed by atoms with Crippen LogP contribution in [0.1, 0.15) is 13.8 Å². The molecule has 11 heavy (non-hydrogen) atoms. The lowest BCUT2D eigenvalue weighted by Crippen LogP contribution is -2.37. The zero-order valence-corrected chi connectivity index (χ0v) is 8.61. The van der Waals surface area contributed by atoms with E-state index in [2.05, 4.69) is 0 Å². The fourth-order valence-electron chi connectivity index (χ4n) is 0.575. The van der Waals surface area contributed by atoms with Crippen LogP contribution in [-0.4, -0.2) is 37.4 Å². The Bertz CT molecular complexity index is 203. The topological polar surface area (TPSA) is 37.4 Å². The van der Waals surface area contributed by atoms with Crippen molar-refractivity contribution >= 4 is 21.6 Å². The van der Waals surface area contributed by atoms with Gasteiger partial charge in [-0.2, -0.15) is 0 Å². The molecule has 1 atom stereocenters. The van der Waals surface area contributed by atoms with Gasteiger partial charge in [0.15, 0.2) is 0 Å². The van der Waals surface area contributed by atoms with Crippen LogP contribution in [0.3, 0.4) is 0 Å². The van der Waals surface area contributed by atoms with E-state index in [0.29, 0.717) is 5.88 Å². The SMILES string of the molecule is CCS(=O)(=O)N(C)C(C)CCl. The van der Waals surface area contributed by atoms with E-state index < -0.39 is 10.0 Å². The maximum absolute atomic E-state index is 11.2. The van der Waals surface area contributed by atoms with E-state index in [-0.39, 0.29) is 11.8 Å². The van der Waals surface area contributed by atoms with Gasteiger partial charge in [0.25, 0.3) is 0 Å². The van der Waals surface area contributed by atoms with Crippen LogP contribution in [0.4, 0.5) is 0 Å². The van der Waals surface area contributed by atoms with E-state index in [4.69, 9.17) is 11.6 Å². The molecule has 0 aliphatic carbocycles.